The van der Waals surface area contributed by atoms with Gasteiger partial charge < -0.3 is 15.4 Å². The molecule has 1 aromatic rings. The molecule has 2 rings (SSSR count). The van der Waals surface area contributed by atoms with Gasteiger partial charge in [-0.05, 0) is 17.5 Å². The maximum atomic E-state index is 5.94. The molecule has 4 nitrogen and oxygen atoms in total. The molecule has 0 bridgehead atoms. The second kappa shape index (κ2) is 5.87. The minimum Gasteiger partial charge on any atom is -0.380 e. The number of hydrogen-bond acceptors (Lipinski definition) is 4. The fourth-order valence-corrected chi connectivity index (χ4v) is 2.38. The van der Waals surface area contributed by atoms with Crippen LogP contribution in [0.5, 0.6) is 0 Å². The Hall–Kier alpha value is -1.55. The van der Waals surface area contributed by atoms with Crippen molar-refractivity contribution in [1.82, 2.24) is 4.90 Å². The SMILES string of the molecule is CCCN1C(N)=NCC1c1cccc(COC)c1. The molecule has 1 aromatic carbocycles. The van der Waals surface area contributed by atoms with E-state index in [2.05, 4.69) is 41.1 Å². The summed E-state index contributed by atoms with van der Waals surface area (Å²) in [7, 11) is 1.72. The van der Waals surface area contributed by atoms with Crippen molar-refractivity contribution in [2.75, 3.05) is 20.2 Å². The van der Waals surface area contributed by atoms with Crippen molar-refractivity contribution < 1.29 is 4.74 Å². The van der Waals surface area contributed by atoms with Crippen molar-refractivity contribution >= 4 is 5.96 Å². The van der Waals surface area contributed by atoms with Crippen LogP contribution in [0.4, 0.5) is 0 Å². The summed E-state index contributed by atoms with van der Waals surface area (Å²) in [5, 5.41) is 0. The van der Waals surface area contributed by atoms with Crippen molar-refractivity contribution in [3.05, 3.63) is 35.4 Å². The van der Waals surface area contributed by atoms with Crippen molar-refractivity contribution in [3.63, 3.8) is 0 Å². The molecule has 0 saturated heterocycles. The number of hydrogen-bond donors (Lipinski definition) is 1. The Morgan fingerprint density at radius 3 is 3.06 bits per heavy atom. The van der Waals surface area contributed by atoms with Gasteiger partial charge in [0.2, 0.25) is 0 Å². The first kappa shape index (κ1) is 12.9. The highest BCUT2D eigenvalue weighted by atomic mass is 16.5. The molecular weight excluding hydrogens is 226 g/mol. The van der Waals surface area contributed by atoms with Gasteiger partial charge in [-0.1, -0.05) is 31.2 Å². The number of nitrogens with zero attached hydrogens (tertiary/aromatic N) is 2. The predicted molar refractivity (Wildman–Crippen MR) is 73.4 cm³/mol. The smallest absolute Gasteiger partial charge is 0.191 e. The highest BCUT2D eigenvalue weighted by Crippen LogP contribution is 2.26. The van der Waals surface area contributed by atoms with Gasteiger partial charge in [0.05, 0.1) is 19.2 Å². The number of nitrogens with two attached hydrogens (primary N) is 1. The molecule has 4 heteroatoms. The maximum Gasteiger partial charge on any atom is 0.191 e. The third-order valence-corrected chi connectivity index (χ3v) is 3.21. The summed E-state index contributed by atoms with van der Waals surface area (Å²) >= 11 is 0. The summed E-state index contributed by atoms with van der Waals surface area (Å²) in [5.41, 5.74) is 8.40. The zero-order valence-corrected chi connectivity index (χ0v) is 11.1. The number of methoxy groups -OCH3 is 1. The summed E-state index contributed by atoms with van der Waals surface area (Å²) in [4.78, 5) is 6.55. The van der Waals surface area contributed by atoms with Crippen LogP contribution in [0.1, 0.15) is 30.5 Å². The van der Waals surface area contributed by atoms with Gasteiger partial charge in [-0.2, -0.15) is 0 Å². The topological polar surface area (TPSA) is 50.8 Å². The van der Waals surface area contributed by atoms with E-state index in [1.807, 2.05) is 0 Å². The van der Waals surface area contributed by atoms with E-state index in [-0.39, 0.29) is 6.04 Å². The number of benzene rings is 1. The Labute approximate surface area is 108 Å². The molecular formula is C14H21N3O. The average Bonchev–Trinajstić information content (AvgIpc) is 2.73. The highest BCUT2D eigenvalue weighted by Gasteiger charge is 2.26. The van der Waals surface area contributed by atoms with Crippen molar-refractivity contribution in [3.8, 4) is 0 Å². The Balaban J connectivity index is 2.18. The molecule has 0 amide bonds. The molecule has 0 saturated carbocycles. The summed E-state index contributed by atoms with van der Waals surface area (Å²) in [6.07, 6.45) is 1.07. The van der Waals surface area contributed by atoms with Gasteiger partial charge in [0.1, 0.15) is 0 Å². The van der Waals surface area contributed by atoms with Crippen LogP contribution in [-0.2, 0) is 11.3 Å². The summed E-state index contributed by atoms with van der Waals surface area (Å²) in [6, 6.07) is 8.76. The molecule has 0 spiro atoms. The highest BCUT2D eigenvalue weighted by molar-refractivity contribution is 5.80. The van der Waals surface area contributed by atoms with Gasteiger partial charge in [0, 0.05) is 13.7 Å². The first-order valence-electron chi connectivity index (χ1n) is 6.40. The van der Waals surface area contributed by atoms with Gasteiger partial charge in [0.25, 0.3) is 0 Å². The van der Waals surface area contributed by atoms with E-state index in [4.69, 9.17) is 10.5 Å². The maximum absolute atomic E-state index is 5.94. The van der Waals surface area contributed by atoms with Gasteiger partial charge in [-0.25, -0.2) is 0 Å². The Morgan fingerprint density at radius 2 is 2.33 bits per heavy atom. The predicted octanol–water partition coefficient (Wildman–Crippen LogP) is 1.91. The largest absolute Gasteiger partial charge is 0.380 e. The summed E-state index contributed by atoms with van der Waals surface area (Å²) in [6.45, 7) is 4.51. The van der Waals surface area contributed by atoms with Crippen LogP contribution in [0.25, 0.3) is 0 Å². The van der Waals surface area contributed by atoms with E-state index in [0.717, 1.165) is 19.5 Å². The third-order valence-electron chi connectivity index (χ3n) is 3.21. The molecule has 18 heavy (non-hydrogen) atoms. The van der Waals surface area contributed by atoms with E-state index in [1.165, 1.54) is 11.1 Å². The monoisotopic (exact) mass is 247 g/mol. The van der Waals surface area contributed by atoms with Crippen LogP contribution in [0.3, 0.4) is 0 Å². The van der Waals surface area contributed by atoms with E-state index >= 15 is 0 Å². The lowest BCUT2D eigenvalue weighted by atomic mass is 10.0. The zero-order valence-electron chi connectivity index (χ0n) is 11.1. The second-order valence-electron chi connectivity index (χ2n) is 4.59. The Morgan fingerprint density at radius 1 is 1.50 bits per heavy atom. The van der Waals surface area contributed by atoms with Crippen molar-refractivity contribution in [1.29, 1.82) is 0 Å². The minimum absolute atomic E-state index is 0.279. The van der Waals surface area contributed by atoms with Crippen LogP contribution in [0, 0.1) is 0 Å². The lowest BCUT2D eigenvalue weighted by Crippen LogP contribution is -2.36. The number of rotatable bonds is 5. The molecule has 0 fully saturated rings. The van der Waals surface area contributed by atoms with Crippen LogP contribution in [0.2, 0.25) is 0 Å². The van der Waals surface area contributed by atoms with E-state index in [0.29, 0.717) is 12.6 Å². The van der Waals surface area contributed by atoms with Crippen LogP contribution < -0.4 is 5.73 Å². The molecule has 0 aromatic heterocycles. The lowest BCUT2D eigenvalue weighted by Gasteiger charge is -2.26. The molecule has 0 aliphatic carbocycles. The average molecular weight is 247 g/mol. The second-order valence-corrected chi connectivity index (χ2v) is 4.59. The summed E-state index contributed by atoms with van der Waals surface area (Å²) in [5.74, 6) is 0.666. The first-order chi connectivity index (χ1) is 8.76. The molecule has 1 aliphatic heterocycles. The third kappa shape index (κ3) is 2.64. The lowest BCUT2D eigenvalue weighted by molar-refractivity contribution is 0.184. The van der Waals surface area contributed by atoms with Crippen molar-refractivity contribution in [2.45, 2.75) is 26.0 Å². The van der Waals surface area contributed by atoms with Gasteiger partial charge >= 0.3 is 0 Å². The van der Waals surface area contributed by atoms with Gasteiger partial charge in [0.15, 0.2) is 5.96 Å². The number of aliphatic imine (C=N–C) groups is 1. The van der Waals surface area contributed by atoms with Crippen LogP contribution in [-0.4, -0.2) is 31.1 Å². The molecule has 2 N–H and O–H groups in total. The Bertz CT molecular complexity index is 431. The van der Waals surface area contributed by atoms with Gasteiger partial charge in [-0.3, -0.25) is 4.99 Å². The van der Waals surface area contributed by atoms with Crippen LogP contribution >= 0.6 is 0 Å². The normalized spacial score (nSPS) is 19.1. The quantitative estimate of drug-likeness (QED) is 0.864. The summed E-state index contributed by atoms with van der Waals surface area (Å²) < 4.78 is 5.17. The van der Waals surface area contributed by atoms with Crippen LogP contribution in [0.15, 0.2) is 29.3 Å². The fourth-order valence-electron chi connectivity index (χ4n) is 2.38. The fraction of sp³-hybridized carbons (Fsp3) is 0.500. The molecule has 1 heterocycles. The zero-order chi connectivity index (χ0) is 13.0. The minimum atomic E-state index is 0.279. The first-order valence-corrected chi connectivity index (χ1v) is 6.40. The van der Waals surface area contributed by atoms with E-state index < -0.39 is 0 Å². The molecule has 1 unspecified atom stereocenters. The molecule has 1 aliphatic rings. The molecule has 98 valence electrons. The molecule has 0 radical (unpaired) electrons. The van der Waals surface area contributed by atoms with E-state index in [9.17, 15) is 0 Å². The standard InChI is InChI=1S/C14H21N3O/c1-3-7-17-13(9-16-14(17)15)12-6-4-5-11(8-12)10-18-2/h4-6,8,13H,3,7,9-10H2,1-2H3,(H2,15,16). The number of ether oxygens (including phenoxy) is 1. The number of guanidine groups is 1. The van der Waals surface area contributed by atoms with E-state index in [1.54, 1.807) is 7.11 Å². The molecule has 1 atom stereocenters. The van der Waals surface area contributed by atoms with Gasteiger partial charge in [-0.15, -0.1) is 0 Å². The Kier molecular flexibility index (Phi) is 4.20. The van der Waals surface area contributed by atoms with Crippen molar-refractivity contribution in [2.24, 2.45) is 10.7 Å².